The van der Waals surface area contributed by atoms with Crippen LogP contribution in [0.3, 0.4) is 0 Å². The van der Waals surface area contributed by atoms with Gasteiger partial charge in [-0.1, -0.05) is 56.0 Å². The Balaban J connectivity index is 1.68. The van der Waals surface area contributed by atoms with Gasteiger partial charge in [-0.25, -0.2) is 0 Å². The normalized spacial score (nSPS) is 22.6. The second-order valence-electron chi connectivity index (χ2n) is 9.81. The number of fused-ring (bicyclic) bond motifs is 2. The van der Waals surface area contributed by atoms with Crippen LogP contribution in [-0.2, 0) is 0 Å². The molecule has 0 bridgehead atoms. The van der Waals surface area contributed by atoms with Crippen LogP contribution < -0.4 is 4.74 Å². The highest BCUT2D eigenvalue weighted by Crippen LogP contribution is 2.31. The largest absolute Gasteiger partial charge is 0.487 e. The minimum atomic E-state index is -0.119. The molecule has 5 heteroatoms. The Bertz CT molecular complexity index is 989. The standard InChI is InChI=1S/C29H38N2O3/c1-22-14-6-7-15-23(22)29(33)31-21-13-5-3-4-12-20-30(2)28(32)24-16-8-10-18-26(24)34-27-19-11-9-17-25(27)31/h6-8,10,14-16,18,25,27H,3-5,9,11-13,17,19-21H2,1-2H3/t25-,27+/m1/s1. The molecular weight excluding hydrogens is 424 g/mol. The second-order valence-corrected chi connectivity index (χ2v) is 9.81. The molecule has 1 aliphatic carbocycles. The fourth-order valence-electron chi connectivity index (χ4n) is 5.33. The zero-order chi connectivity index (χ0) is 23.9. The highest BCUT2D eigenvalue weighted by molar-refractivity contribution is 5.97. The quantitative estimate of drug-likeness (QED) is 0.533. The summed E-state index contributed by atoms with van der Waals surface area (Å²) < 4.78 is 6.60. The van der Waals surface area contributed by atoms with Gasteiger partial charge in [0.05, 0.1) is 11.6 Å². The summed E-state index contributed by atoms with van der Waals surface area (Å²) in [6.45, 7) is 3.50. The molecule has 0 radical (unpaired) electrons. The monoisotopic (exact) mass is 462 g/mol. The van der Waals surface area contributed by atoms with Crippen molar-refractivity contribution in [3.8, 4) is 5.75 Å². The van der Waals surface area contributed by atoms with Gasteiger partial charge >= 0.3 is 0 Å². The topological polar surface area (TPSA) is 49.9 Å². The highest BCUT2D eigenvalue weighted by Gasteiger charge is 2.35. The molecule has 1 heterocycles. The lowest BCUT2D eigenvalue weighted by atomic mass is 9.90. The van der Waals surface area contributed by atoms with E-state index in [1.807, 2.05) is 67.4 Å². The summed E-state index contributed by atoms with van der Waals surface area (Å²) >= 11 is 0. The van der Waals surface area contributed by atoms with Crippen molar-refractivity contribution in [2.24, 2.45) is 0 Å². The lowest BCUT2D eigenvalue weighted by molar-refractivity contribution is 0.0270. The number of nitrogens with zero attached hydrogens (tertiary/aromatic N) is 2. The number of hydrogen-bond donors (Lipinski definition) is 0. The molecule has 2 aromatic carbocycles. The molecule has 0 aromatic heterocycles. The smallest absolute Gasteiger partial charge is 0.257 e. The van der Waals surface area contributed by atoms with Gasteiger partial charge in [-0.3, -0.25) is 9.59 Å². The van der Waals surface area contributed by atoms with Gasteiger partial charge < -0.3 is 14.5 Å². The Hall–Kier alpha value is -2.82. The van der Waals surface area contributed by atoms with E-state index in [1.165, 1.54) is 0 Å². The average Bonchev–Trinajstić information content (AvgIpc) is 2.86. The van der Waals surface area contributed by atoms with Crippen LogP contribution in [0.4, 0.5) is 0 Å². The van der Waals surface area contributed by atoms with Gasteiger partial charge in [0.15, 0.2) is 0 Å². The number of para-hydroxylation sites is 1. The Morgan fingerprint density at radius 2 is 1.53 bits per heavy atom. The first-order valence-electron chi connectivity index (χ1n) is 12.9. The van der Waals surface area contributed by atoms with E-state index >= 15 is 0 Å². The van der Waals surface area contributed by atoms with Gasteiger partial charge in [0.2, 0.25) is 0 Å². The van der Waals surface area contributed by atoms with E-state index in [9.17, 15) is 9.59 Å². The summed E-state index contributed by atoms with van der Waals surface area (Å²) in [6.07, 6.45) is 9.14. The van der Waals surface area contributed by atoms with Crippen LogP contribution in [-0.4, -0.2) is 53.9 Å². The van der Waals surface area contributed by atoms with Crippen LogP contribution in [0.2, 0.25) is 0 Å². The van der Waals surface area contributed by atoms with E-state index < -0.39 is 0 Å². The SMILES string of the molecule is Cc1ccccc1C(=O)N1CCCCCCCN(C)C(=O)c2ccccc2O[C@H]2CCCC[C@H]21. The van der Waals surface area contributed by atoms with E-state index in [2.05, 4.69) is 4.90 Å². The number of ether oxygens (including phenoxy) is 1. The van der Waals surface area contributed by atoms with Crippen LogP contribution >= 0.6 is 0 Å². The molecule has 0 unspecified atom stereocenters. The molecule has 2 atom stereocenters. The van der Waals surface area contributed by atoms with Gasteiger partial charge in [-0.15, -0.1) is 0 Å². The van der Waals surface area contributed by atoms with Gasteiger partial charge in [0.1, 0.15) is 11.9 Å². The maximum Gasteiger partial charge on any atom is 0.257 e. The Morgan fingerprint density at radius 1 is 0.853 bits per heavy atom. The zero-order valence-electron chi connectivity index (χ0n) is 20.7. The van der Waals surface area contributed by atoms with Crippen LogP contribution in [0.1, 0.15) is 84.1 Å². The molecule has 5 nitrogen and oxygen atoms in total. The number of aryl methyl sites for hydroxylation is 1. The summed E-state index contributed by atoms with van der Waals surface area (Å²) in [7, 11) is 1.88. The Morgan fingerprint density at radius 3 is 2.35 bits per heavy atom. The molecule has 0 spiro atoms. The lowest BCUT2D eigenvalue weighted by Crippen LogP contribution is -2.51. The van der Waals surface area contributed by atoms with Crippen molar-refractivity contribution in [1.29, 1.82) is 0 Å². The van der Waals surface area contributed by atoms with E-state index in [-0.39, 0.29) is 24.0 Å². The zero-order valence-corrected chi connectivity index (χ0v) is 20.7. The first-order chi connectivity index (χ1) is 16.6. The molecule has 1 saturated carbocycles. The van der Waals surface area contributed by atoms with E-state index in [1.54, 1.807) is 0 Å². The maximum atomic E-state index is 13.8. The predicted octanol–water partition coefficient (Wildman–Crippen LogP) is 5.86. The molecule has 34 heavy (non-hydrogen) atoms. The Kier molecular flexibility index (Phi) is 8.25. The molecule has 0 N–H and O–H groups in total. The van der Waals surface area contributed by atoms with Gasteiger partial charge in [0.25, 0.3) is 11.8 Å². The average molecular weight is 463 g/mol. The van der Waals surface area contributed by atoms with E-state index in [0.717, 1.165) is 82.0 Å². The molecule has 2 aliphatic rings. The highest BCUT2D eigenvalue weighted by atomic mass is 16.5. The van der Waals surface area contributed by atoms with Crippen LogP contribution in [0.15, 0.2) is 48.5 Å². The molecule has 2 amide bonds. The number of carbonyl (C=O) groups is 2. The van der Waals surface area contributed by atoms with Crippen molar-refractivity contribution in [2.45, 2.75) is 76.9 Å². The third kappa shape index (κ3) is 5.63. The Labute approximate surface area is 204 Å². The summed E-state index contributed by atoms with van der Waals surface area (Å²) in [5.41, 5.74) is 2.40. The fourth-order valence-corrected chi connectivity index (χ4v) is 5.33. The van der Waals surface area contributed by atoms with Crippen molar-refractivity contribution in [2.75, 3.05) is 20.1 Å². The number of carbonyl (C=O) groups excluding carboxylic acids is 2. The molecule has 4 rings (SSSR count). The van der Waals surface area contributed by atoms with Gasteiger partial charge in [0, 0.05) is 25.7 Å². The third-order valence-corrected chi connectivity index (χ3v) is 7.34. The molecule has 2 aromatic rings. The number of amides is 2. The first-order valence-corrected chi connectivity index (χ1v) is 12.9. The lowest BCUT2D eigenvalue weighted by Gasteiger charge is -2.40. The summed E-state index contributed by atoms with van der Waals surface area (Å²) in [6, 6.07) is 15.5. The molecular formula is C29H38N2O3. The summed E-state index contributed by atoms with van der Waals surface area (Å²) in [4.78, 5) is 30.9. The van der Waals surface area contributed by atoms with Crippen molar-refractivity contribution in [1.82, 2.24) is 9.80 Å². The van der Waals surface area contributed by atoms with E-state index in [4.69, 9.17) is 4.74 Å². The van der Waals surface area contributed by atoms with Crippen LogP contribution in [0.5, 0.6) is 5.75 Å². The third-order valence-electron chi connectivity index (χ3n) is 7.34. The van der Waals surface area contributed by atoms with Crippen molar-refractivity contribution in [3.05, 3.63) is 65.2 Å². The van der Waals surface area contributed by atoms with Crippen molar-refractivity contribution < 1.29 is 14.3 Å². The van der Waals surface area contributed by atoms with Gasteiger partial charge in [-0.2, -0.15) is 0 Å². The van der Waals surface area contributed by atoms with Gasteiger partial charge in [-0.05, 0) is 62.8 Å². The minimum absolute atomic E-state index is 0.00525. The maximum absolute atomic E-state index is 13.8. The minimum Gasteiger partial charge on any atom is -0.487 e. The van der Waals surface area contributed by atoms with Crippen LogP contribution in [0.25, 0.3) is 0 Å². The molecule has 1 aliphatic heterocycles. The summed E-state index contributed by atoms with van der Waals surface area (Å²) in [5, 5.41) is 0. The number of hydrogen-bond acceptors (Lipinski definition) is 3. The first kappa shape index (κ1) is 24.3. The predicted molar refractivity (Wildman–Crippen MR) is 135 cm³/mol. The molecule has 0 saturated heterocycles. The second kappa shape index (κ2) is 11.5. The number of benzene rings is 2. The molecule has 1 fully saturated rings. The van der Waals surface area contributed by atoms with E-state index in [0.29, 0.717) is 11.3 Å². The van der Waals surface area contributed by atoms with Crippen molar-refractivity contribution >= 4 is 11.8 Å². The number of rotatable bonds is 1. The summed E-state index contributed by atoms with van der Waals surface area (Å²) in [5.74, 6) is 0.743. The molecule has 182 valence electrons. The fraction of sp³-hybridized carbons (Fsp3) is 0.517. The van der Waals surface area contributed by atoms with Crippen LogP contribution in [0, 0.1) is 6.92 Å². The van der Waals surface area contributed by atoms with Crippen molar-refractivity contribution in [3.63, 3.8) is 0 Å².